The average molecular weight is 332 g/mol. The number of hydrogen-bond donors (Lipinski definition) is 3. The molecule has 23 heavy (non-hydrogen) atoms. The third kappa shape index (κ3) is 3.09. The Morgan fingerprint density at radius 3 is 2.48 bits per heavy atom. The summed E-state index contributed by atoms with van der Waals surface area (Å²) in [6.07, 6.45) is -5.27. The van der Waals surface area contributed by atoms with Crippen LogP contribution in [-0.2, 0) is 9.53 Å². The summed E-state index contributed by atoms with van der Waals surface area (Å²) in [6, 6.07) is 4.96. The number of ether oxygens (including phenoxy) is 1. The van der Waals surface area contributed by atoms with E-state index in [-0.39, 0.29) is 12.2 Å². The molecule has 0 spiro atoms. The van der Waals surface area contributed by atoms with Gasteiger partial charge in [0.05, 0.1) is 12.6 Å². The van der Waals surface area contributed by atoms with Crippen molar-refractivity contribution in [3.8, 4) is 0 Å². The van der Waals surface area contributed by atoms with Gasteiger partial charge >= 0.3 is 18.2 Å². The Balaban J connectivity index is 2.54. The SMILES string of the molecule is CCOC(=O)[C@H]1[C@H](c2ccccc2)NC(=O)N[C@@]1(O)C(F)(F)F. The third-order valence-corrected chi connectivity index (χ3v) is 3.51. The Hall–Kier alpha value is -2.29. The van der Waals surface area contributed by atoms with Crippen LogP contribution in [0.5, 0.6) is 0 Å². The van der Waals surface area contributed by atoms with Crippen molar-refractivity contribution in [1.29, 1.82) is 0 Å². The van der Waals surface area contributed by atoms with Crippen molar-refractivity contribution in [2.45, 2.75) is 24.9 Å². The number of halogens is 3. The molecule has 0 saturated carbocycles. The third-order valence-electron chi connectivity index (χ3n) is 3.51. The Kier molecular flexibility index (Phi) is 4.51. The van der Waals surface area contributed by atoms with Crippen molar-refractivity contribution in [3.05, 3.63) is 35.9 Å². The molecule has 0 unspecified atom stereocenters. The molecule has 1 fully saturated rings. The predicted octanol–water partition coefficient (Wildman–Crippen LogP) is 1.47. The van der Waals surface area contributed by atoms with Crippen LogP contribution in [0.4, 0.5) is 18.0 Å². The molecular weight excluding hydrogens is 317 g/mol. The highest BCUT2D eigenvalue weighted by molar-refractivity contribution is 5.83. The van der Waals surface area contributed by atoms with Crippen LogP contribution in [0.25, 0.3) is 0 Å². The van der Waals surface area contributed by atoms with Crippen LogP contribution < -0.4 is 10.6 Å². The molecule has 2 rings (SSSR count). The topological polar surface area (TPSA) is 87.7 Å². The number of carbonyl (C=O) groups is 2. The predicted molar refractivity (Wildman–Crippen MR) is 72.0 cm³/mol. The van der Waals surface area contributed by atoms with Crippen molar-refractivity contribution in [3.63, 3.8) is 0 Å². The highest BCUT2D eigenvalue weighted by Crippen LogP contribution is 2.42. The molecule has 9 heteroatoms. The maximum atomic E-state index is 13.3. The summed E-state index contributed by atoms with van der Waals surface area (Å²) in [5.41, 5.74) is -3.50. The van der Waals surface area contributed by atoms with Gasteiger partial charge in [0, 0.05) is 0 Å². The van der Waals surface area contributed by atoms with E-state index < -0.39 is 35.9 Å². The zero-order chi connectivity index (χ0) is 17.3. The Bertz CT molecular complexity index is 593. The van der Waals surface area contributed by atoms with Gasteiger partial charge in [-0.05, 0) is 12.5 Å². The summed E-state index contributed by atoms with van der Waals surface area (Å²) in [5.74, 6) is -3.36. The number of alkyl halides is 3. The van der Waals surface area contributed by atoms with E-state index in [0.29, 0.717) is 0 Å². The molecule has 1 aromatic rings. The van der Waals surface area contributed by atoms with Gasteiger partial charge in [-0.1, -0.05) is 30.3 Å². The zero-order valence-corrected chi connectivity index (χ0v) is 12.1. The van der Waals surface area contributed by atoms with E-state index >= 15 is 0 Å². The van der Waals surface area contributed by atoms with Crippen molar-refractivity contribution < 1.29 is 32.6 Å². The minimum Gasteiger partial charge on any atom is -0.466 e. The van der Waals surface area contributed by atoms with E-state index in [9.17, 15) is 27.9 Å². The summed E-state index contributed by atoms with van der Waals surface area (Å²) in [5, 5.41) is 13.7. The number of carbonyl (C=O) groups excluding carboxylic acids is 2. The van der Waals surface area contributed by atoms with Crippen LogP contribution in [-0.4, -0.2) is 35.6 Å². The Morgan fingerprint density at radius 1 is 1.35 bits per heavy atom. The number of hydrogen-bond acceptors (Lipinski definition) is 4. The summed E-state index contributed by atoms with van der Waals surface area (Å²) in [4.78, 5) is 23.7. The largest absolute Gasteiger partial charge is 0.466 e. The molecular formula is C14H15F3N2O4. The lowest BCUT2D eigenvalue weighted by Crippen LogP contribution is -2.73. The van der Waals surface area contributed by atoms with E-state index in [1.54, 1.807) is 18.2 Å². The van der Waals surface area contributed by atoms with Crippen molar-refractivity contribution >= 4 is 12.0 Å². The molecule has 3 N–H and O–H groups in total. The summed E-state index contributed by atoms with van der Waals surface area (Å²) in [7, 11) is 0. The van der Waals surface area contributed by atoms with Crippen LogP contribution in [0.3, 0.4) is 0 Å². The summed E-state index contributed by atoms with van der Waals surface area (Å²) in [6.45, 7) is 1.26. The lowest BCUT2D eigenvalue weighted by molar-refractivity contribution is -0.294. The van der Waals surface area contributed by atoms with E-state index in [0.717, 1.165) is 0 Å². The van der Waals surface area contributed by atoms with Gasteiger partial charge in [0.25, 0.3) is 5.72 Å². The number of esters is 1. The smallest absolute Gasteiger partial charge is 0.437 e. The monoisotopic (exact) mass is 332 g/mol. The molecule has 1 aromatic carbocycles. The number of rotatable bonds is 3. The molecule has 1 saturated heterocycles. The standard InChI is InChI=1S/C14H15F3N2O4/c1-2-23-11(20)9-10(8-6-4-3-5-7-8)18-12(21)19-13(9,22)14(15,16)17/h3-7,9-10,22H,2H2,1H3,(H2,18,19,21)/t9-,10+,13+/m1/s1. The van der Waals surface area contributed by atoms with Gasteiger partial charge in [0.15, 0.2) is 0 Å². The first-order valence-electron chi connectivity index (χ1n) is 6.80. The lowest BCUT2D eigenvalue weighted by atomic mass is 9.82. The fourth-order valence-corrected chi connectivity index (χ4v) is 2.47. The lowest BCUT2D eigenvalue weighted by Gasteiger charge is -2.44. The van der Waals surface area contributed by atoms with E-state index in [4.69, 9.17) is 0 Å². The number of urea groups is 1. The van der Waals surface area contributed by atoms with Crippen molar-refractivity contribution in [1.82, 2.24) is 10.6 Å². The molecule has 126 valence electrons. The van der Waals surface area contributed by atoms with Gasteiger partial charge in [0.2, 0.25) is 0 Å². The normalized spacial score (nSPS) is 27.8. The molecule has 1 heterocycles. The number of benzene rings is 1. The number of nitrogens with one attached hydrogen (secondary N) is 2. The quantitative estimate of drug-likeness (QED) is 0.732. The first-order valence-corrected chi connectivity index (χ1v) is 6.80. The molecule has 3 atom stereocenters. The maximum absolute atomic E-state index is 13.3. The van der Waals surface area contributed by atoms with Gasteiger partial charge in [-0.3, -0.25) is 4.79 Å². The van der Waals surface area contributed by atoms with Gasteiger partial charge in [-0.2, -0.15) is 13.2 Å². The highest BCUT2D eigenvalue weighted by atomic mass is 19.4. The second-order valence-corrected chi connectivity index (χ2v) is 4.98. The Labute approximate surface area is 129 Å². The fourth-order valence-electron chi connectivity index (χ4n) is 2.47. The molecule has 1 aliphatic heterocycles. The molecule has 0 aliphatic carbocycles. The summed E-state index contributed by atoms with van der Waals surface area (Å²) >= 11 is 0. The van der Waals surface area contributed by atoms with Gasteiger partial charge < -0.3 is 20.5 Å². The highest BCUT2D eigenvalue weighted by Gasteiger charge is 2.67. The Morgan fingerprint density at radius 2 is 1.96 bits per heavy atom. The molecule has 0 bridgehead atoms. The van der Waals surface area contributed by atoms with E-state index in [1.165, 1.54) is 24.4 Å². The van der Waals surface area contributed by atoms with Gasteiger partial charge in [-0.25, -0.2) is 4.79 Å². The average Bonchev–Trinajstić information content (AvgIpc) is 2.46. The number of amides is 2. The molecule has 2 amide bonds. The number of aliphatic hydroxyl groups is 1. The van der Waals surface area contributed by atoms with Crippen LogP contribution >= 0.6 is 0 Å². The summed E-state index contributed by atoms with van der Waals surface area (Å²) < 4.78 is 44.7. The van der Waals surface area contributed by atoms with Crippen LogP contribution in [0.2, 0.25) is 0 Å². The molecule has 0 radical (unpaired) electrons. The first-order chi connectivity index (χ1) is 10.7. The minimum atomic E-state index is -5.27. The fraction of sp³-hybridized carbons (Fsp3) is 0.429. The van der Waals surface area contributed by atoms with Gasteiger partial charge in [-0.15, -0.1) is 0 Å². The second-order valence-electron chi connectivity index (χ2n) is 4.98. The van der Waals surface area contributed by atoms with Crippen LogP contribution in [0.1, 0.15) is 18.5 Å². The minimum absolute atomic E-state index is 0.168. The molecule has 0 aromatic heterocycles. The van der Waals surface area contributed by atoms with E-state index in [2.05, 4.69) is 10.1 Å². The molecule has 1 aliphatic rings. The van der Waals surface area contributed by atoms with Gasteiger partial charge in [0.1, 0.15) is 5.92 Å². The van der Waals surface area contributed by atoms with Crippen LogP contribution in [0, 0.1) is 5.92 Å². The van der Waals surface area contributed by atoms with E-state index in [1.807, 2.05) is 0 Å². The second kappa shape index (κ2) is 6.07. The molecule has 6 nitrogen and oxygen atoms in total. The zero-order valence-electron chi connectivity index (χ0n) is 12.1. The first kappa shape index (κ1) is 17.1. The maximum Gasteiger partial charge on any atom is 0.437 e. The van der Waals surface area contributed by atoms with Crippen molar-refractivity contribution in [2.24, 2.45) is 5.92 Å². The van der Waals surface area contributed by atoms with Crippen LogP contribution in [0.15, 0.2) is 30.3 Å². The van der Waals surface area contributed by atoms with Crippen molar-refractivity contribution in [2.75, 3.05) is 6.61 Å².